The fourth-order valence-corrected chi connectivity index (χ4v) is 1.96. The van der Waals surface area contributed by atoms with Gasteiger partial charge in [-0.15, -0.1) is 0 Å². The lowest BCUT2D eigenvalue weighted by Gasteiger charge is -2.25. The molecule has 0 radical (unpaired) electrons. The zero-order chi connectivity index (χ0) is 18.0. The van der Waals surface area contributed by atoms with Gasteiger partial charge in [-0.2, -0.15) is 0 Å². The standard InChI is InChI=1S/C16H21F2NO4/c1-15(2,3)23-14(22)19-11-7-9(6-10(17)13(11)18)16(4,5)8-12(20)21/h6-7H,8H2,1-5H3,(H,19,22)(H,20,21). The largest absolute Gasteiger partial charge is 0.481 e. The molecule has 0 aliphatic carbocycles. The van der Waals surface area contributed by atoms with Crippen LogP contribution in [0.1, 0.15) is 46.6 Å². The number of hydrogen-bond acceptors (Lipinski definition) is 3. The van der Waals surface area contributed by atoms with Crippen LogP contribution < -0.4 is 5.32 Å². The number of carboxylic acids is 1. The highest BCUT2D eigenvalue weighted by molar-refractivity contribution is 5.85. The van der Waals surface area contributed by atoms with Crippen molar-refractivity contribution in [3.05, 3.63) is 29.3 Å². The minimum absolute atomic E-state index is 0.254. The van der Waals surface area contributed by atoms with Crippen LogP contribution in [-0.4, -0.2) is 22.8 Å². The van der Waals surface area contributed by atoms with Crippen molar-refractivity contribution in [2.75, 3.05) is 5.32 Å². The monoisotopic (exact) mass is 329 g/mol. The Morgan fingerprint density at radius 1 is 1.17 bits per heavy atom. The predicted octanol–water partition coefficient (Wildman–Crippen LogP) is 4.06. The van der Waals surface area contributed by atoms with Crippen molar-refractivity contribution in [3.8, 4) is 0 Å². The number of benzene rings is 1. The van der Waals surface area contributed by atoms with E-state index < -0.39 is 40.4 Å². The van der Waals surface area contributed by atoms with Crippen molar-refractivity contribution < 1.29 is 28.2 Å². The van der Waals surface area contributed by atoms with Crippen LogP contribution in [-0.2, 0) is 14.9 Å². The Morgan fingerprint density at radius 3 is 2.22 bits per heavy atom. The molecule has 23 heavy (non-hydrogen) atoms. The third-order valence-electron chi connectivity index (χ3n) is 3.04. The average molecular weight is 329 g/mol. The first-order valence-corrected chi connectivity index (χ1v) is 7.03. The molecular weight excluding hydrogens is 308 g/mol. The van der Waals surface area contributed by atoms with Crippen LogP contribution in [0.4, 0.5) is 19.3 Å². The maximum absolute atomic E-state index is 13.9. The van der Waals surface area contributed by atoms with Crippen LogP contribution in [0.5, 0.6) is 0 Å². The van der Waals surface area contributed by atoms with Crippen LogP contribution in [0.2, 0.25) is 0 Å². The Bertz CT molecular complexity index is 621. The number of ether oxygens (including phenoxy) is 1. The van der Waals surface area contributed by atoms with E-state index in [1.54, 1.807) is 34.6 Å². The van der Waals surface area contributed by atoms with Gasteiger partial charge in [0.25, 0.3) is 0 Å². The van der Waals surface area contributed by atoms with E-state index in [1.165, 1.54) is 6.07 Å². The minimum Gasteiger partial charge on any atom is -0.481 e. The number of carbonyl (C=O) groups excluding carboxylic acids is 1. The fourth-order valence-electron chi connectivity index (χ4n) is 1.96. The molecule has 1 aromatic carbocycles. The topological polar surface area (TPSA) is 75.6 Å². The van der Waals surface area contributed by atoms with Crippen molar-refractivity contribution >= 4 is 17.7 Å². The van der Waals surface area contributed by atoms with E-state index in [0.29, 0.717) is 0 Å². The number of carboxylic acid groups (broad SMARTS) is 1. The van der Waals surface area contributed by atoms with E-state index in [1.807, 2.05) is 0 Å². The molecule has 5 nitrogen and oxygen atoms in total. The highest BCUT2D eigenvalue weighted by Crippen LogP contribution is 2.31. The molecule has 128 valence electrons. The molecule has 1 aromatic rings. The van der Waals surface area contributed by atoms with Gasteiger partial charge < -0.3 is 9.84 Å². The first-order valence-electron chi connectivity index (χ1n) is 7.03. The van der Waals surface area contributed by atoms with Gasteiger partial charge in [0.15, 0.2) is 11.6 Å². The van der Waals surface area contributed by atoms with Gasteiger partial charge in [-0.05, 0) is 38.5 Å². The number of nitrogens with one attached hydrogen (secondary N) is 1. The van der Waals surface area contributed by atoms with Gasteiger partial charge in [-0.1, -0.05) is 13.8 Å². The van der Waals surface area contributed by atoms with Gasteiger partial charge in [0.2, 0.25) is 0 Å². The third-order valence-corrected chi connectivity index (χ3v) is 3.04. The lowest BCUT2D eigenvalue weighted by Crippen LogP contribution is -2.28. The Morgan fingerprint density at radius 2 is 1.74 bits per heavy atom. The van der Waals surface area contributed by atoms with Crippen LogP contribution in [0.25, 0.3) is 0 Å². The molecule has 0 saturated carbocycles. The normalized spacial score (nSPS) is 12.0. The van der Waals surface area contributed by atoms with Crippen LogP contribution >= 0.6 is 0 Å². The van der Waals surface area contributed by atoms with Gasteiger partial charge >= 0.3 is 12.1 Å². The van der Waals surface area contributed by atoms with Crippen LogP contribution in [0.3, 0.4) is 0 Å². The van der Waals surface area contributed by atoms with E-state index in [4.69, 9.17) is 9.84 Å². The molecule has 0 aromatic heterocycles. The van der Waals surface area contributed by atoms with E-state index in [-0.39, 0.29) is 12.0 Å². The summed E-state index contributed by atoms with van der Waals surface area (Å²) in [6, 6.07) is 2.14. The molecule has 7 heteroatoms. The van der Waals surface area contributed by atoms with Gasteiger partial charge in [0.05, 0.1) is 12.1 Å². The number of halogens is 2. The number of rotatable bonds is 4. The van der Waals surface area contributed by atoms with E-state index in [9.17, 15) is 18.4 Å². The fraction of sp³-hybridized carbons (Fsp3) is 0.500. The zero-order valence-electron chi connectivity index (χ0n) is 13.8. The molecule has 2 N–H and O–H groups in total. The SMILES string of the molecule is CC(C)(C)OC(=O)Nc1cc(C(C)(C)CC(=O)O)cc(F)c1F. The summed E-state index contributed by atoms with van der Waals surface area (Å²) in [5.41, 5.74) is -1.87. The highest BCUT2D eigenvalue weighted by atomic mass is 19.2. The Hall–Kier alpha value is -2.18. The molecule has 0 bridgehead atoms. The third kappa shape index (κ3) is 5.50. The zero-order valence-corrected chi connectivity index (χ0v) is 13.8. The smallest absolute Gasteiger partial charge is 0.412 e. The summed E-state index contributed by atoms with van der Waals surface area (Å²) >= 11 is 0. The molecule has 0 saturated heterocycles. The van der Waals surface area contributed by atoms with Gasteiger partial charge in [0, 0.05) is 5.41 Å². The van der Waals surface area contributed by atoms with Crippen molar-refractivity contribution in [1.29, 1.82) is 0 Å². The second-order valence-electron chi connectivity index (χ2n) is 6.90. The number of aliphatic carboxylic acids is 1. The van der Waals surface area contributed by atoms with E-state index >= 15 is 0 Å². The number of hydrogen-bond donors (Lipinski definition) is 2. The highest BCUT2D eigenvalue weighted by Gasteiger charge is 2.27. The summed E-state index contributed by atoms with van der Waals surface area (Å²) in [5, 5.41) is 11.1. The molecule has 1 amide bonds. The summed E-state index contributed by atoms with van der Waals surface area (Å²) in [6.07, 6.45) is -1.20. The first kappa shape index (κ1) is 18.9. The quantitative estimate of drug-likeness (QED) is 0.873. The van der Waals surface area contributed by atoms with Crippen molar-refractivity contribution in [3.63, 3.8) is 0 Å². The molecular formula is C16H21F2NO4. The second kappa shape index (κ2) is 6.52. The molecule has 0 heterocycles. The van der Waals surface area contributed by atoms with Gasteiger partial charge in [0.1, 0.15) is 5.60 Å². The summed E-state index contributed by atoms with van der Waals surface area (Å²) in [7, 11) is 0. The number of carbonyl (C=O) groups is 2. The lowest BCUT2D eigenvalue weighted by molar-refractivity contribution is -0.138. The average Bonchev–Trinajstić information content (AvgIpc) is 2.30. The second-order valence-corrected chi connectivity index (χ2v) is 6.90. The van der Waals surface area contributed by atoms with Crippen molar-refractivity contribution in [2.24, 2.45) is 0 Å². The van der Waals surface area contributed by atoms with Crippen molar-refractivity contribution in [1.82, 2.24) is 0 Å². The predicted molar refractivity (Wildman–Crippen MR) is 81.5 cm³/mol. The van der Waals surface area contributed by atoms with E-state index in [2.05, 4.69) is 5.32 Å². The number of amides is 1. The summed E-state index contributed by atoms with van der Waals surface area (Å²) in [4.78, 5) is 22.6. The Labute approximate surface area is 133 Å². The molecule has 0 unspecified atom stereocenters. The Kier molecular flexibility index (Phi) is 5.35. The lowest BCUT2D eigenvalue weighted by atomic mass is 9.81. The van der Waals surface area contributed by atoms with Crippen LogP contribution in [0.15, 0.2) is 12.1 Å². The summed E-state index contributed by atoms with van der Waals surface area (Å²) in [5.74, 6) is -3.47. The molecule has 1 rings (SSSR count). The maximum Gasteiger partial charge on any atom is 0.412 e. The molecule has 0 aliphatic rings. The summed E-state index contributed by atoms with van der Waals surface area (Å²) < 4.78 is 32.6. The molecule has 0 fully saturated rings. The van der Waals surface area contributed by atoms with E-state index in [0.717, 1.165) is 6.07 Å². The maximum atomic E-state index is 13.9. The van der Waals surface area contributed by atoms with Crippen molar-refractivity contribution in [2.45, 2.75) is 52.1 Å². The minimum atomic E-state index is -1.23. The molecule has 0 atom stereocenters. The van der Waals surface area contributed by atoms with Gasteiger partial charge in [-0.3, -0.25) is 10.1 Å². The molecule has 0 spiro atoms. The number of anilines is 1. The van der Waals surface area contributed by atoms with Gasteiger partial charge in [-0.25, -0.2) is 13.6 Å². The first-order chi connectivity index (χ1) is 10.3. The molecule has 0 aliphatic heterocycles. The Balaban J connectivity index is 3.14. The summed E-state index contributed by atoms with van der Waals surface area (Å²) in [6.45, 7) is 8.08. The van der Waals surface area contributed by atoms with Crippen LogP contribution in [0, 0.1) is 11.6 Å².